The molecular weight excluding hydrogens is 572 g/mol. The lowest BCUT2D eigenvalue weighted by atomic mass is 10.1. The Balaban J connectivity index is 0.000000206. The van der Waals surface area contributed by atoms with Crippen molar-refractivity contribution in [2.75, 3.05) is 18.9 Å². The molecule has 2 aromatic rings. The van der Waals surface area contributed by atoms with Gasteiger partial charge in [0, 0.05) is 18.8 Å². The molecule has 204 valence electrons. The van der Waals surface area contributed by atoms with Crippen molar-refractivity contribution in [3.05, 3.63) is 60.3 Å². The van der Waals surface area contributed by atoms with Crippen LogP contribution < -0.4 is 22.7 Å². The van der Waals surface area contributed by atoms with Gasteiger partial charge in [0.05, 0.1) is 24.9 Å². The van der Waals surface area contributed by atoms with Crippen LogP contribution in [0, 0.1) is 0 Å². The van der Waals surface area contributed by atoms with Crippen LogP contribution in [-0.2, 0) is 9.47 Å². The lowest BCUT2D eigenvalue weighted by molar-refractivity contribution is -0.140. The number of nitrogens with zero attached hydrogens (tertiary/aromatic N) is 3. The summed E-state index contributed by atoms with van der Waals surface area (Å²) in [6, 6.07) is 1.15. The molecule has 17 heteroatoms. The minimum Gasteiger partial charge on any atom is -0.394 e. The Kier molecular flexibility index (Phi) is 9.11. The van der Waals surface area contributed by atoms with Crippen LogP contribution >= 0.6 is 15.9 Å². The highest BCUT2D eigenvalue weighted by atomic mass is 79.9. The fraction of sp³-hybridized carbons (Fsp3) is 0.500. The summed E-state index contributed by atoms with van der Waals surface area (Å²) in [6.45, 7) is -1.12. The van der Waals surface area contributed by atoms with Gasteiger partial charge in [0.2, 0.25) is 6.23 Å². The van der Waals surface area contributed by atoms with Crippen LogP contribution in [0.2, 0.25) is 0 Å². The van der Waals surface area contributed by atoms with Crippen molar-refractivity contribution in [3.63, 3.8) is 0 Å². The molecular formula is C20H24BrF2N5O9. The predicted molar refractivity (Wildman–Crippen MR) is 126 cm³/mol. The normalized spacial score (nSPS) is 28.8. The van der Waals surface area contributed by atoms with Crippen molar-refractivity contribution in [2.24, 2.45) is 0 Å². The van der Waals surface area contributed by atoms with E-state index in [1.165, 1.54) is 21.8 Å². The molecule has 7 N–H and O–H groups in total. The third-order valence-electron chi connectivity index (χ3n) is 5.60. The number of anilines is 1. The third-order valence-corrected chi connectivity index (χ3v) is 5.86. The van der Waals surface area contributed by atoms with E-state index in [2.05, 4.69) is 25.9 Å². The van der Waals surface area contributed by atoms with Crippen molar-refractivity contribution < 1.29 is 38.7 Å². The number of alkyl halides is 2. The van der Waals surface area contributed by atoms with Crippen molar-refractivity contribution >= 4 is 27.8 Å². The minimum absolute atomic E-state index is 0.114. The molecule has 0 aliphatic carbocycles. The Hall–Kier alpha value is -2.80. The van der Waals surface area contributed by atoms with E-state index in [0.29, 0.717) is 4.57 Å². The number of aromatic amines is 1. The molecule has 0 amide bonds. The summed E-state index contributed by atoms with van der Waals surface area (Å²) in [7, 11) is 0. The average molecular weight is 596 g/mol. The monoisotopic (exact) mass is 595 g/mol. The molecule has 2 aliphatic rings. The van der Waals surface area contributed by atoms with E-state index >= 15 is 0 Å². The summed E-state index contributed by atoms with van der Waals surface area (Å²) in [4.78, 5) is 41.6. The van der Waals surface area contributed by atoms with Gasteiger partial charge in [-0.3, -0.25) is 18.9 Å². The van der Waals surface area contributed by atoms with E-state index in [1.54, 1.807) is 0 Å². The smallest absolute Gasteiger partial charge is 0.351 e. The molecule has 0 spiro atoms. The van der Waals surface area contributed by atoms with Crippen LogP contribution in [0.15, 0.2) is 37.8 Å². The van der Waals surface area contributed by atoms with Gasteiger partial charge in [0.15, 0.2) is 6.10 Å². The fourth-order valence-electron chi connectivity index (χ4n) is 3.67. The maximum absolute atomic E-state index is 13.7. The Labute approximate surface area is 214 Å². The molecule has 2 aromatic heterocycles. The van der Waals surface area contributed by atoms with E-state index in [-0.39, 0.29) is 24.4 Å². The van der Waals surface area contributed by atoms with E-state index in [9.17, 15) is 33.4 Å². The summed E-state index contributed by atoms with van der Waals surface area (Å²) in [5, 5.41) is 36.8. The minimum atomic E-state index is -3.71. The molecule has 0 unspecified atom stereocenters. The number of nitrogens with one attached hydrogen (secondary N) is 1. The zero-order valence-corrected chi connectivity index (χ0v) is 20.4. The topological polar surface area (TPSA) is 215 Å². The number of aromatic nitrogens is 4. The fourth-order valence-corrected chi connectivity index (χ4v) is 3.96. The Morgan fingerprint density at radius 2 is 1.86 bits per heavy atom. The van der Waals surface area contributed by atoms with Gasteiger partial charge < -0.3 is 35.6 Å². The second-order valence-corrected chi connectivity index (χ2v) is 8.56. The molecule has 4 rings (SSSR count). The van der Waals surface area contributed by atoms with Crippen LogP contribution in [0.25, 0.3) is 6.08 Å². The number of halogens is 3. The molecule has 14 nitrogen and oxygen atoms in total. The lowest BCUT2D eigenvalue weighted by Gasteiger charge is -2.20. The Morgan fingerprint density at radius 3 is 2.41 bits per heavy atom. The first-order chi connectivity index (χ1) is 17.4. The first kappa shape index (κ1) is 28.8. The molecule has 0 radical (unpaired) electrons. The van der Waals surface area contributed by atoms with Crippen LogP contribution in [0.1, 0.15) is 24.4 Å². The maximum atomic E-state index is 13.7. The number of ether oxygens (including phenoxy) is 2. The van der Waals surface area contributed by atoms with Crippen molar-refractivity contribution in [1.29, 1.82) is 0 Å². The van der Waals surface area contributed by atoms with Crippen molar-refractivity contribution in [3.8, 4) is 0 Å². The number of hydrogen-bond donors (Lipinski definition) is 6. The molecule has 6 atom stereocenters. The molecule has 2 aliphatic heterocycles. The number of H-pyrrole nitrogens is 1. The molecule has 0 bridgehead atoms. The van der Waals surface area contributed by atoms with Crippen molar-refractivity contribution in [1.82, 2.24) is 19.1 Å². The highest BCUT2D eigenvalue weighted by molar-refractivity contribution is 9.11. The van der Waals surface area contributed by atoms with E-state index in [0.717, 1.165) is 12.3 Å². The number of nitrogens with two attached hydrogens (primary N) is 1. The highest BCUT2D eigenvalue weighted by Crippen LogP contribution is 2.41. The van der Waals surface area contributed by atoms with Gasteiger partial charge in [-0.15, -0.1) is 0 Å². The summed E-state index contributed by atoms with van der Waals surface area (Å²) >= 11 is 3.05. The predicted octanol–water partition coefficient (Wildman–Crippen LogP) is -1.75. The molecule has 2 fully saturated rings. The molecule has 37 heavy (non-hydrogen) atoms. The molecule has 2 saturated heterocycles. The van der Waals surface area contributed by atoms with E-state index in [1.807, 2.05) is 0 Å². The summed E-state index contributed by atoms with van der Waals surface area (Å²) in [6.07, 6.45) is -3.94. The number of nitrogen functional groups attached to an aromatic ring is 1. The number of rotatable bonds is 5. The highest BCUT2D eigenvalue weighted by Gasteiger charge is 2.59. The van der Waals surface area contributed by atoms with Gasteiger partial charge in [0.25, 0.3) is 5.56 Å². The number of aliphatic hydroxyl groups excluding tert-OH is 4. The van der Waals surface area contributed by atoms with Crippen LogP contribution in [0.3, 0.4) is 0 Å². The second-order valence-electron chi connectivity index (χ2n) is 8.03. The van der Waals surface area contributed by atoms with E-state index < -0.39 is 66.3 Å². The quantitative estimate of drug-likeness (QED) is 0.228. The zero-order valence-electron chi connectivity index (χ0n) is 18.9. The van der Waals surface area contributed by atoms with Crippen LogP contribution in [-0.4, -0.2) is 83.1 Å². The van der Waals surface area contributed by atoms with Gasteiger partial charge in [-0.1, -0.05) is 15.9 Å². The van der Waals surface area contributed by atoms with Gasteiger partial charge in [-0.05, 0) is 17.1 Å². The van der Waals surface area contributed by atoms with Gasteiger partial charge in [0.1, 0.15) is 24.3 Å². The lowest BCUT2D eigenvalue weighted by Crippen LogP contribution is -2.41. The Bertz CT molecular complexity index is 1300. The average Bonchev–Trinajstić information content (AvgIpc) is 3.32. The van der Waals surface area contributed by atoms with Gasteiger partial charge in [-0.25, -0.2) is 9.59 Å². The number of aliphatic hydroxyl groups is 4. The van der Waals surface area contributed by atoms with Crippen molar-refractivity contribution in [2.45, 2.75) is 49.2 Å². The SMILES string of the molecule is Nc1ccn([C@@H]2O[C@H](CO)[C@@H](O)C2(F)F)c(=O)n1.O=c1[nH]c(=O)n([C@H]2C[C@H](O)[C@@H](CO)O2)cc1/C=C/Br. The second kappa shape index (κ2) is 11.7. The standard InChI is InChI=1S/C11H13BrN2O5.C9H11F2N3O4/c12-2-1-6-4-14(11(18)13-10(6)17)9-3-7(16)8(5-15)19-9;10-9(11)6(16)4(3-15)18-7(9)14-2-1-5(12)13-8(14)17/h1-2,4,7-9,15-16H,3,5H2,(H,13,17,18);1-2,4,6-7,15-16H,3H2,(H2,12,13,17)/b2-1+;/t7-,8+,9+;4-,6-,7-/m01/s1. The first-order valence-electron chi connectivity index (χ1n) is 10.7. The molecule has 4 heterocycles. The summed E-state index contributed by atoms with van der Waals surface area (Å²) in [5.41, 5.74) is 3.37. The maximum Gasteiger partial charge on any atom is 0.351 e. The van der Waals surface area contributed by atoms with Gasteiger partial charge in [-0.2, -0.15) is 13.8 Å². The molecule has 0 aromatic carbocycles. The van der Waals surface area contributed by atoms with E-state index in [4.69, 9.17) is 25.4 Å². The number of hydrogen-bond acceptors (Lipinski definition) is 11. The third kappa shape index (κ3) is 6.03. The van der Waals surface area contributed by atoms with Gasteiger partial charge >= 0.3 is 17.3 Å². The zero-order chi connectivity index (χ0) is 27.5. The summed E-state index contributed by atoms with van der Waals surface area (Å²) in [5.74, 6) is -3.83. The molecule has 0 saturated carbocycles. The van der Waals surface area contributed by atoms with Crippen LogP contribution in [0.4, 0.5) is 14.6 Å². The largest absolute Gasteiger partial charge is 0.394 e. The summed E-state index contributed by atoms with van der Waals surface area (Å²) < 4.78 is 39.3. The Morgan fingerprint density at radius 1 is 1.19 bits per heavy atom. The first-order valence-corrected chi connectivity index (χ1v) is 11.6. The van der Waals surface area contributed by atoms with Crippen LogP contribution in [0.5, 0.6) is 0 Å².